The van der Waals surface area contributed by atoms with Gasteiger partial charge in [0.15, 0.2) is 0 Å². The molecular weight excluding hydrogens is 284 g/mol. The van der Waals surface area contributed by atoms with Crippen LogP contribution in [-0.2, 0) is 6.61 Å². The van der Waals surface area contributed by atoms with E-state index in [1.807, 2.05) is 18.2 Å². The summed E-state index contributed by atoms with van der Waals surface area (Å²) < 4.78 is 11.6. The number of hydrogen-bond acceptors (Lipinski definition) is 4. The zero-order valence-corrected chi connectivity index (χ0v) is 10.8. The Kier molecular flexibility index (Phi) is 3.93. The maximum atomic E-state index is 5.64. The van der Waals surface area contributed by atoms with Crippen molar-refractivity contribution in [3.63, 3.8) is 0 Å². The predicted octanol–water partition coefficient (Wildman–Crippen LogP) is 2.83. The lowest BCUT2D eigenvalue weighted by atomic mass is 10.3. The summed E-state index contributed by atoms with van der Waals surface area (Å²) in [5, 5.41) is 0. The van der Waals surface area contributed by atoms with Crippen LogP contribution in [0.4, 0.5) is 0 Å². The molecule has 0 fully saturated rings. The first-order valence-corrected chi connectivity index (χ1v) is 5.80. The van der Waals surface area contributed by atoms with Crippen molar-refractivity contribution in [1.82, 2.24) is 9.97 Å². The highest BCUT2D eigenvalue weighted by atomic mass is 79.9. The normalized spacial score (nSPS) is 10.0. The van der Waals surface area contributed by atoms with E-state index in [-0.39, 0.29) is 0 Å². The second kappa shape index (κ2) is 5.63. The van der Waals surface area contributed by atoms with Crippen molar-refractivity contribution in [1.29, 1.82) is 0 Å². The van der Waals surface area contributed by atoms with Crippen LogP contribution in [0.5, 0.6) is 11.5 Å². The van der Waals surface area contributed by atoms with Crippen LogP contribution < -0.4 is 9.47 Å². The Morgan fingerprint density at radius 3 is 2.76 bits per heavy atom. The van der Waals surface area contributed by atoms with Crippen LogP contribution in [0.2, 0.25) is 0 Å². The van der Waals surface area contributed by atoms with Crippen molar-refractivity contribution in [2.45, 2.75) is 6.61 Å². The SMILES string of the molecule is COc1cccc(OCc2cnccn2)c1Br. The quantitative estimate of drug-likeness (QED) is 0.870. The monoisotopic (exact) mass is 294 g/mol. The van der Waals surface area contributed by atoms with Gasteiger partial charge in [-0.3, -0.25) is 9.97 Å². The van der Waals surface area contributed by atoms with Crippen LogP contribution in [0.3, 0.4) is 0 Å². The van der Waals surface area contributed by atoms with E-state index in [4.69, 9.17) is 9.47 Å². The minimum absolute atomic E-state index is 0.375. The van der Waals surface area contributed by atoms with Gasteiger partial charge in [0, 0.05) is 12.4 Å². The average Bonchev–Trinajstić information content (AvgIpc) is 2.39. The van der Waals surface area contributed by atoms with E-state index in [0.717, 1.165) is 21.7 Å². The molecule has 5 heteroatoms. The first-order chi connectivity index (χ1) is 8.31. The van der Waals surface area contributed by atoms with Gasteiger partial charge in [-0.2, -0.15) is 0 Å². The summed E-state index contributed by atoms with van der Waals surface area (Å²) in [5.74, 6) is 1.46. The lowest BCUT2D eigenvalue weighted by Crippen LogP contribution is -1.99. The Balaban J connectivity index is 2.09. The van der Waals surface area contributed by atoms with Crippen molar-refractivity contribution in [3.8, 4) is 11.5 Å². The van der Waals surface area contributed by atoms with E-state index in [0.29, 0.717) is 6.61 Å². The molecule has 0 atom stereocenters. The van der Waals surface area contributed by atoms with Gasteiger partial charge in [0.1, 0.15) is 22.6 Å². The van der Waals surface area contributed by atoms with Gasteiger partial charge in [-0.05, 0) is 28.1 Å². The van der Waals surface area contributed by atoms with E-state index < -0.39 is 0 Å². The van der Waals surface area contributed by atoms with E-state index >= 15 is 0 Å². The topological polar surface area (TPSA) is 44.2 Å². The molecule has 17 heavy (non-hydrogen) atoms. The van der Waals surface area contributed by atoms with Crippen molar-refractivity contribution in [3.05, 3.63) is 47.0 Å². The molecule has 0 N–H and O–H groups in total. The molecule has 0 aliphatic rings. The molecule has 1 aromatic carbocycles. The smallest absolute Gasteiger partial charge is 0.137 e. The summed E-state index contributed by atoms with van der Waals surface area (Å²) in [5.41, 5.74) is 0.780. The molecule has 4 nitrogen and oxygen atoms in total. The Hall–Kier alpha value is -1.62. The number of rotatable bonds is 4. The molecule has 0 saturated heterocycles. The van der Waals surface area contributed by atoms with Gasteiger partial charge in [-0.15, -0.1) is 0 Å². The van der Waals surface area contributed by atoms with E-state index in [2.05, 4.69) is 25.9 Å². The highest BCUT2D eigenvalue weighted by Gasteiger charge is 2.07. The minimum atomic E-state index is 0.375. The van der Waals surface area contributed by atoms with Gasteiger partial charge in [0.25, 0.3) is 0 Å². The number of benzene rings is 1. The number of ether oxygens (including phenoxy) is 2. The summed E-state index contributed by atoms with van der Waals surface area (Å²) >= 11 is 3.43. The molecule has 2 aromatic rings. The molecule has 0 bridgehead atoms. The van der Waals surface area contributed by atoms with Gasteiger partial charge in [0.05, 0.1) is 19.0 Å². The highest BCUT2D eigenvalue weighted by molar-refractivity contribution is 9.10. The summed E-state index contributed by atoms with van der Waals surface area (Å²) in [6.45, 7) is 0.375. The zero-order chi connectivity index (χ0) is 12.1. The number of halogens is 1. The first kappa shape index (κ1) is 11.9. The number of hydrogen-bond donors (Lipinski definition) is 0. The largest absolute Gasteiger partial charge is 0.495 e. The second-order valence-corrected chi connectivity index (χ2v) is 4.05. The minimum Gasteiger partial charge on any atom is -0.495 e. The van der Waals surface area contributed by atoms with Crippen LogP contribution in [-0.4, -0.2) is 17.1 Å². The molecule has 0 spiro atoms. The number of aromatic nitrogens is 2. The maximum absolute atomic E-state index is 5.64. The second-order valence-electron chi connectivity index (χ2n) is 3.26. The maximum Gasteiger partial charge on any atom is 0.137 e. The molecule has 88 valence electrons. The third-order valence-corrected chi connectivity index (χ3v) is 2.92. The molecule has 0 aliphatic carbocycles. The molecule has 0 unspecified atom stereocenters. The molecular formula is C12H11BrN2O2. The van der Waals surface area contributed by atoms with Crippen molar-refractivity contribution in [2.75, 3.05) is 7.11 Å². The molecule has 1 aromatic heterocycles. The van der Waals surface area contributed by atoms with Crippen LogP contribution in [0.15, 0.2) is 41.3 Å². The first-order valence-electron chi connectivity index (χ1n) is 5.01. The van der Waals surface area contributed by atoms with Gasteiger partial charge in [-0.25, -0.2) is 0 Å². The Morgan fingerprint density at radius 2 is 2.06 bits per heavy atom. The van der Waals surface area contributed by atoms with Crippen molar-refractivity contribution in [2.24, 2.45) is 0 Å². The summed E-state index contributed by atoms with van der Waals surface area (Å²) in [6.07, 6.45) is 4.94. The number of nitrogens with zero attached hydrogens (tertiary/aromatic N) is 2. The van der Waals surface area contributed by atoms with Gasteiger partial charge in [-0.1, -0.05) is 6.07 Å². The molecule has 0 saturated carbocycles. The van der Waals surface area contributed by atoms with E-state index in [9.17, 15) is 0 Å². The highest BCUT2D eigenvalue weighted by Crippen LogP contribution is 2.34. The third kappa shape index (κ3) is 2.94. The Labute approximate surface area is 108 Å². The fourth-order valence-electron chi connectivity index (χ4n) is 1.32. The fraction of sp³-hybridized carbons (Fsp3) is 0.167. The number of methoxy groups -OCH3 is 1. The lowest BCUT2D eigenvalue weighted by molar-refractivity contribution is 0.296. The lowest BCUT2D eigenvalue weighted by Gasteiger charge is -2.10. The third-order valence-electron chi connectivity index (χ3n) is 2.14. The summed E-state index contributed by atoms with van der Waals surface area (Å²) in [6, 6.07) is 5.60. The predicted molar refractivity (Wildman–Crippen MR) is 67.1 cm³/mol. The molecule has 0 radical (unpaired) electrons. The molecule has 0 amide bonds. The fourth-order valence-corrected chi connectivity index (χ4v) is 1.86. The van der Waals surface area contributed by atoms with Crippen molar-refractivity contribution < 1.29 is 9.47 Å². The molecule has 1 heterocycles. The van der Waals surface area contributed by atoms with Crippen LogP contribution >= 0.6 is 15.9 Å². The molecule has 0 aliphatic heterocycles. The van der Waals surface area contributed by atoms with Gasteiger partial charge >= 0.3 is 0 Å². The molecule has 2 rings (SSSR count). The summed E-state index contributed by atoms with van der Waals surface area (Å²) in [4.78, 5) is 8.11. The van der Waals surface area contributed by atoms with Crippen LogP contribution in [0.25, 0.3) is 0 Å². The average molecular weight is 295 g/mol. The standard InChI is InChI=1S/C12H11BrN2O2/c1-16-10-3-2-4-11(12(10)13)17-8-9-7-14-5-6-15-9/h2-7H,8H2,1H3. The summed E-state index contributed by atoms with van der Waals surface area (Å²) in [7, 11) is 1.62. The van der Waals surface area contributed by atoms with Gasteiger partial charge < -0.3 is 9.47 Å². The van der Waals surface area contributed by atoms with Crippen LogP contribution in [0, 0.1) is 0 Å². The Morgan fingerprint density at radius 1 is 1.24 bits per heavy atom. The van der Waals surface area contributed by atoms with Gasteiger partial charge in [0.2, 0.25) is 0 Å². The van der Waals surface area contributed by atoms with E-state index in [1.165, 1.54) is 0 Å². The zero-order valence-electron chi connectivity index (χ0n) is 9.26. The Bertz CT molecular complexity index is 491. The van der Waals surface area contributed by atoms with E-state index in [1.54, 1.807) is 25.7 Å². The van der Waals surface area contributed by atoms with Crippen LogP contribution in [0.1, 0.15) is 5.69 Å². The van der Waals surface area contributed by atoms with Crippen molar-refractivity contribution >= 4 is 15.9 Å².